The molecule has 29 heavy (non-hydrogen) atoms. The molecule has 4 rings (SSSR count). The number of phenols is 1. The molecule has 0 aliphatic rings. The predicted octanol–water partition coefficient (Wildman–Crippen LogP) is 3.12. The van der Waals surface area contributed by atoms with Crippen LogP contribution in [0.2, 0.25) is 0 Å². The number of aryl methyl sites for hydroxylation is 2. The number of methoxy groups -OCH3 is 1. The van der Waals surface area contributed by atoms with Gasteiger partial charge >= 0.3 is 0 Å². The number of aromatic nitrogens is 4. The Morgan fingerprint density at radius 3 is 2.62 bits per heavy atom. The number of nitrogens with one attached hydrogen (secondary N) is 2. The molecule has 0 amide bonds. The van der Waals surface area contributed by atoms with Crippen LogP contribution in [0.3, 0.4) is 0 Å². The molecule has 3 heterocycles. The maximum atomic E-state index is 12.1. The predicted molar refractivity (Wildman–Crippen MR) is 105 cm³/mol. The molecule has 4 N–H and O–H groups in total. The molecule has 0 radical (unpaired) electrons. The van der Waals surface area contributed by atoms with Gasteiger partial charge in [0.2, 0.25) is 11.2 Å². The minimum atomic E-state index is -0.565. The first kappa shape index (κ1) is 18.4. The molecule has 0 aliphatic heterocycles. The second-order valence-electron chi connectivity index (χ2n) is 6.47. The van der Waals surface area contributed by atoms with Crippen molar-refractivity contribution in [2.24, 2.45) is 0 Å². The Hall–Kier alpha value is -4.01. The van der Waals surface area contributed by atoms with Gasteiger partial charge in [-0.1, -0.05) is 0 Å². The minimum absolute atomic E-state index is 0.0263. The molecule has 0 fully saturated rings. The van der Waals surface area contributed by atoms with Crippen molar-refractivity contribution in [3.63, 3.8) is 0 Å². The van der Waals surface area contributed by atoms with E-state index in [1.165, 1.54) is 19.2 Å². The first-order chi connectivity index (χ1) is 13.9. The van der Waals surface area contributed by atoms with Crippen molar-refractivity contribution in [3.05, 3.63) is 52.3 Å². The van der Waals surface area contributed by atoms with Crippen LogP contribution in [-0.2, 0) is 0 Å². The largest absolute Gasteiger partial charge is 0.504 e. The van der Waals surface area contributed by atoms with Gasteiger partial charge in [0, 0.05) is 17.3 Å². The van der Waals surface area contributed by atoms with Gasteiger partial charge in [-0.2, -0.15) is 0 Å². The van der Waals surface area contributed by atoms with Gasteiger partial charge in [0.25, 0.3) is 0 Å². The third-order valence-corrected chi connectivity index (χ3v) is 4.48. The van der Waals surface area contributed by atoms with Crippen molar-refractivity contribution in [1.29, 1.82) is 0 Å². The highest BCUT2D eigenvalue weighted by atomic mass is 16.5. The summed E-state index contributed by atoms with van der Waals surface area (Å²) in [6, 6.07) is 5.92. The molecular formula is C20H18N4O5. The molecule has 3 aromatic heterocycles. The Morgan fingerprint density at radius 2 is 1.93 bits per heavy atom. The Bertz CT molecular complexity index is 1270. The zero-order valence-corrected chi connectivity index (χ0v) is 15.9. The second kappa shape index (κ2) is 6.86. The third kappa shape index (κ3) is 3.12. The van der Waals surface area contributed by atoms with Gasteiger partial charge in [0.15, 0.2) is 23.1 Å². The number of H-pyrrole nitrogens is 2. The fraction of sp³-hybridized carbons (Fsp3) is 0.150. The Morgan fingerprint density at radius 1 is 1.14 bits per heavy atom. The number of nitrogens with zero attached hydrogens (tertiary/aromatic N) is 2. The molecule has 4 aromatic rings. The molecule has 0 unspecified atom stereocenters. The van der Waals surface area contributed by atoms with E-state index in [9.17, 15) is 15.0 Å². The third-order valence-electron chi connectivity index (χ3n) is 4.48. The van der Waals surface area contributed by atoms with E-state index in [0.29, 0.717) is 34.2 Å². The molecule has 0 aliphatic carbocycles. The molecule has 0 atom stereocenters. The Balaban J connectivity index is 2.01. The van der Waals surface area contributed by atoms with Crippen molar-refractivity contribution in [3.8, 4) is 51.5 Å². The van der Waals surface area contributed by atoms with Crippen molar-refractivity contribution < 1.29 is 19.4 Å². The zero-order chi connectivity index (χ0) is 20.7. The van der Waals surface area contributed by atoms with Crippen LogP contribution in [-0.4, -0.2) is 37.3 Å². The molecule has 9 nitrogen and oxygen atoms in total. The SMILES string of the molecule is COc1cc(-c2nc(-c3nc[nH]c3C)[nH]c2-c2oc(C)cc(=O)c2O)ccc1O. The highest BCUT2D eigenvalue weighted by molar-refractivity contribution is 5.81. The quantitative estimate of drug-likeness (QED) is 0.417. The number of hydrogen-bond donors (Lipinski definition) is 4. The summed E-state index contributed by atoms with van der Waals surface area (Å²) in [7, 11) is 1.44. The van der Waals surface area contributed by atoms with Crippen LogP contribution in [0.15, 0.2) is 39.8 Å². The van der Waals surface area contributed by atoms with Crippen molar-refractivity contribution in [2.45, 2.75) is 13.8 Å². The van der Waals surface area contributed by atoms with E-state index in [2.05, 4.69) is 19.9 Å². The molecule has 0 spiro atoms. The van der Waals surface area contributed by atoms with Crippen molar-refractivity contribution in [2.75, 3.05) is 7.11 Å². The van der Waals surface area contributed by atoms with E-state index in [1.807, 2.05) is 6.92 Å². The first-order valence-electron chi connectivity index (χ1n) is 8.71. The lowest BCUT2D eigenvalue weighted by atomic mass is 10.1. The van der Waals surface area contributed by atoms with E-state index in [1.54, 1.807) is 25.4 Å². The average Bonchev–Trinajstić information content (AvgIpc) is 3.31. The normalized spacial score (nSPS) is 11.0. The highest BCUT2D eigenvalue weighted by Crippen LogP contribution is 2.39. The van der Waals surface area contributed by atoms with Gasteiger partial charge in [-0.05, 0) is 32.0 Å². The summed E-state index contributed by atoms with van der Waals surface area (Å²) in [5.74, 6) is 0.416. The smallest absolute Gasteiger partial charge is 0.227 e. The standard InChI is InChI=1S/C20H18N4O5/c1-9-6-13(26)18(27)19(29-9)17-16(11-4-5-12(25)14(7-11)28-3)23-20(24-17)15-10(2)21-8-22-15/h4-8,25,27H,1-3H3,(H,21,22)(H,23,24). The zero-order valence-electron chi connectivity index (χ0n) is 15.9. The van der Waals surface area contributed by atoms with Crippen LogP contribution in [0.4, 0.5) is 0 Å². The van der Waals surface area contributed by atoms with E-state index >= 15 is 0 Å². The molecule has 1 aromatic carbocycles. The van der Waals surface area contributed by atoms with Crippen LogP contribution in [0.25, 0.3) is 34.2 Å². The summed E-state index contributed by atoms with van der Waals surface area (Å²) in [5, 5.41) is 20.3. The fourth-order valence-corrected chi connectivity index (χ4v) is 3.05. The van der Waals surface area contributed by atoms with Gasteiger partial charge in [0.1, 0.15) is 22.8 Å². The van der Waals surface area contributed by atoms with E-state index in [0.717, 1.165) is 5.69 Å². The molecule has 148 valence electrons. The Labute approximate surface area is 164 Å². The summed E-state index contributed by atoms with van der Waals surface area (Å²) in [4.78, 5) is 27.1. The monoisotopic (exact) mass is 394 g/mol. The van der Waals surface area contributed by atoms with Gasteiger partial charge in [0.05, 0.1) is 13.4 Å². The molecular weight excluding hydrogens is 376 g/mol. The summed E-state index contributed by atoms with van der Waals surface area (Å²) < 4.78 is 10.8. The van der Waals surface area contributed by atoms with Crippen LogP contribution in [0.5, 0.6) is 17.2 Å². The summed E-state index contributed by atoms with van der Waals surface area (Å²) in [6.45, 7) is 3.46. The van der Waals surface area contributed by atoms with Crippen LogP contribution >= 0.6 is 0 Å². The highest BCUT2D eigenvalue weighted by Gasteiger charge is 2.23. The fourth-order valence-electron chi connectivity index (χ4n) is 3.05. The van der Waals surface area contributed by atoms with Gasteiger partial charge < -0.3 is 29.3 Å². The second-order valence-corrected chi connectivity index (χ2v) is 6.47. The van der Waals surface area contributed by atoms with Gasteiger partial charge in [-0.3, -0.25) is 4.79 Å². The van der Waals surface area contributed by atoms with Crippen LogP contribution in [0.1, 0.15) is 11.5 Å². The van der Waals surface area contributed by atoms with Crippen molar-refractivity contribution >= 4 is 0 Å². The summed E-state index contributed by atoms with van der Waals surface area (Å²) in [5.41, 5.74) is 2.07. The number of benzene rings is 1. The number of imidazole rings is 2. The molecule has 0 bridgehead atoms. The van der Waals surface area contributed by atoms with E-state index in [-0.39, 0.29) is 17.3 Å². The van der Waals surface area contributed by atoms with Crippen LogP contribution in [0, 0.1) is 13.8 Å². The molecule has 9 heteroatoms. The molecule has 0 saturated carbocycles. The molecule has 0 saturated heterocycles. The number of ether oxygens (including phenoxy) is 1. The number of hydrogen-bond acceptors (Lipinski definition) is 7. The van der Waals surface area contributed by atoms with E-state index in [4.69, 9.17) is 9.15 Å². The Kier molecular flexibility index (Phi) is 4.34. The van der Waals surface area contributed by atoms with Crippen molar-refractivity contribution in [1.82, 2.24) is 19.9 Å². The average molecular weight is 394 g/mol. The summed E-state index contributed by atoms with van der Waals surface area (Å²) >= 11 is 0. The van der Waals surface area contributed by atoms with Gasteiger partial charge in [-0.15, -0.1) is 0 Å². The van der Waals surface area contributed by atoms with Gasteiger partial charge in [-0.25, -0.2) is 9.97 Å². The topological polar surface area (TPSA) is 137 Å². The number of aromatic hydroxyl groups is 2. The first-order valence-corrected chi connectivity index (χ1v) is 8.71. The van der Waals surface area contributed by atoms with Crippen LogP contribution < -0.4 is 10.2 Å². The lowest BCUT2D eigenvalue weighted by Gasteiger charge is -2.08. The maximum Gasteiger partial charge on any atom is 0.227 e. The lowest BCUT2D eigenvalue weighted by molar-refractivity contribution is 0.373. The number of rotatable bonds is 4. The minimum Gasteiger partial charge on any atom is -0.504 e. The lowest BCUT2D eigenvalue weighted by Crippen LogP contribution is -2.01. The number of phenolic OH excluding ortho intramolecular Hbond substituents is 1. The maximum absolute atomic E-state index is 12.1. The van der Waals surface area contributed by atoms with E-state index < -0.39 is 11.2 Å². The summed E-state index contributed by atoms with van der Waals surface area (Å²) in [6.07, 6.45) is 1.54. The number of aromatic amines is 2.